The van der Waals surface area contributed by atoms with Crippen molar-refractivity contribution >= 4 is 17.7 Å². The van der Waals surface area contributed by atoms with Crippen molar-refractivity contribution in [3.05, 3.63) is 65.2 Å². The number of benzene rings is 2. The number of amides is 1. The van der Waals surface area contributed by atoms with E-state index in [1.807, 2.05) is 4.90 Å². The van der Waals surface area contributed by atoms with Crippen LogP contribution in [0.3, 0.4) is 0 Å². The second kappa shape index (κ2) is 7.86. The van der Waals surface area contributed by atoms with Crippen molar-refractivity contribution in [2.45, 2.75) is 24.4 Å². The summed E-state index contributed by atoms with van der Waals surface area (Å²) in [6, 6.07) is 17.1. The lowest BCUT2D eigenvalue weighted by molar-refractivity contribution is -0.885. The van der Waals surface area contributed by atoms with Gasteiger partial charge in [0.15, 0.2) is 6.54 Å². The Kier molecular flexibility index (Phi) is 5.59. The van der Waals surface area contributed by atoms with Gasteiger partial charge in [-0.2, -0.15) is 0 Å². The Balaban J connectivity index is 1.54. The van der Waals surface area contributed by atoms with Gasteiger partial charge in [-0.15, -0.1) is 11.8 Å². The molecule has 0 aliphatic carbocycles. The fourth-order valence-electron chi connectivity index (χ4n) is 3.23. The van der Waals surface area contributed by atoms with Crippen molar-refractivity contribution in [2.24, 2.45) is 0 Å². The van der Waals surface area contributed by atoms with Crippen LogP contribution in [0.25, 0.3) is 0 Å². The number of carbonyl (C=O) groups excluding carboxylic acids is 1. The molecule has 126 valence electrons. The fraction of sp³-hybridized carbons (Fsp3) is 0.350. The molecule has 0 spiro atoms. The lowest BCUT2D eigenvalue weighted by Crippen LogP contribution is -3.08. The Morgan fingerprint density at radius 1 is 1.12 bits per heavy atom. The van der Waals surface area contributed by atoms with Gasteiger partial charge in [-0.05, 0) is 35.9 Å². The van der Waals surface area contributed by atoms with Gasteiger partial charge in [0.1, 0.15) is 6.54 Å². The number of nitrogens with zero attached hydrogens (tertiary/aromatic N) is 1. The van der Waals surface area contributed by atoms with Gasteiger partial charge in [0, 0.05) is 23.5 Å². The minimum absolute atomic E-state index is 0.253. The Morgan fingerprint density at radius 2 is 1.83 bits per heavy atom. The van der Waals surface area contributed by atoms with Crippen molar-refractivity contribution in [1.82, 2.24) is 4.90 Å². The summed E-state index contributed by atoms with van der Waals surface area (Å²) in [6.45, 7) is 3.02. The number of nitrogens with one attached hydrogen (secondary N) is 1. The van der Waals surface area contributed by atoms with Gasteiger partial charge < -0.3 is 9.80 Å². The molecule has 3 rings (SSSR count). The van der Waals surface area contributed by atoms with Crippen molar-refractivity contribution in [1.29, 1.82) is 0 Å². The van der Waals surface area contributed by atoms with E-state index in [-0.39, 0.29) is 5.91 Å². The predicted octanol–water partition coefficient (Wildman–Crippen LogP) is 2.01. The molecular formula is C20H25N2OS+. The second-order valence-corrected chi connectivity index (χ2v) is 7.37. The molecule has 0 fully saturated rings. The first-order valence-corrected chi connectivity index (χ1v) is 9.67. The molecule has 3 nitrogen and oxygen atoms in total. The van der Waals surface area contributed by atoms with Crippen LogP contribution in [0.4, 0.5) is 0 Å². The van der Waals surface area contributed by atoms with Gasteiger partial charge in [0.05, 0.1) is 7.05 Å². The molecule has 2 aromatic carbocycles. The molecule has 1 aliphatic heterocycles. The molecule has 4 heteroatoms. The first-order chi connectivity index (χ1) is 11.7. The van der Waals surface area contributed by atoms with Crippen LogP contribution in [0.5, 0.6) is 0 Å². The molecule has 24 heavy (non-hydrogen) atoms. The number of rotatable bonds is 5. The smallest absolute Gasteiger partial charge is 0.278 e. The van der Waals surface area contributed by atoms with Gasteiger partial charge in [-0.1, -0.05) is 36.4 Å². The summed E-state index contributed by atoms with van der Waals surface area (Å²) in [6.07, 6.45) is 3.05. The molecule has 0 saturated carbocycles. The van der Waals surface area contributed by atoms with E-state index in [1.165, 1.54) is 26.5 Å². The summed E-state index contributed by atoms with van der Waals surface area (Å²) in [5.41, 5.74) is 3.96. The topological polar surface area (TPSA) is 24.8 Å². The van der Waals surface area contributed by atoms with E-state index < -0.39 is 0 Å². The van der Waals surface area contributed by atoms with E-state index in [1.54, 1.807) is 11.8 Å². The van der Waals surface area contributed by atoms with Crippen molar-refractivity contribution < 1.29 is 9.69 Å². The maximum atomic E-state index is 12.6. The normalized spacial score (nSPS) is 15.0. The second-order valence-electron chi connectivity index (χ2n) is 6.49. The molecule has 1 N–H and O–H groups in total. The monoisotopic (exact) mass is 341 g/mol. The average molecular weight is 342 g/mol. The molecule has 1 aliphatic rings. The largest absolute Gasteiger partial charge is 0.333 e. The molecular weight excluding hydrogens is 316 g/mol. The van der Waals surface area contributed by atoms with Crippen LogP contribution in [-0.4, -0.2) is 37.2 Å². The number of thioether (sulfide) groups is 1. The lowest BCUT2D eigenvalue weighted by atomic mass is 10.00. The number of hydrogen-bond acceptors (Lipinski definition) is 2. The Labute approximate surface area is 148 Å². The Hall–Kier alpha value is -1.78. The number of carbonyl (C=O) groups is 1. The van der Waals surface area contributed by atoms with Crippen LogP contribution in [0.1, 0.15) is 16.7 Å². The molecule has 1 unspecified atom stereocenters. The highest BCUT2D eigenvalue weighted by Crippen LogP contribution is 2.18. The minimum atomic E-state index is 0.253. The molecule has 0 bridgehead atoms. The van der Waals surface area contributed by atoms with Crippen LogP contribution in [-0.2, 0) is 24.3 Å². The highest BCUT2D eigenvalue weighted by Gasteiger charge is 2.22. The van der Waals surface area contributed by atoms with Gasteiger partial charge >= 0.3 is 0 Å². The highest BCUT2D eigenvalue weighted by molar-refractivity contribution is 7.98. The van der Waals surface area contributed by atoms with Gasteiger partial charge in [-0.3, -0.25) is 4.79 Å². The molecule has 0 radical (unpaired) electrons. The number of quaternary nitrogens is 1. The quantitative estimate of drug-likeness (QED) is 0.842. The van der Waals surface area contributed by atoms with Crippen molar-refractivity contribution in [3.63, 3.8) is 0 Å². The summed E-state index contributed by atoms with van der Waals surface area (Å²) in [5, 5.41) is 0. The minimum Gasteiger partial charge on any atom is -0.333 e. The fourth-order valence-corrected chi connectivity index (χ4v) is 3.64. The molecule has 1 heterocycles. The zero-order valence-electron chi connectivity index (χ0n) is 14.4. The number of likely N-dealkylation sites (N-methyl/N-ethyl adjacent to an activating group) is 1. The van der Waals surface area contributed by atoms with Crippen LogP contribution >= 0.6 is 11.8 Å². The third-order valence-corrected chi connectivity index (χ3v) is 5.34. The van der Waals surface area contributed by atoms with Crippen LogP contribution in [0.15, 0.2) is 53.4 Å². The summed E-state index contributed by atoms with van der Waals surface area (Å²) in [7, 11) is 2.10. The SMILES string of the molecule is CSc1ccc(C[NH+](C)CC(=O)N2CCc3ccccc3C2)cc1. The zero-order valence-corrected chi connectivity index (χ0v) is 15.2. The standard InChI is InChI=1S/C20H24N2OS/c1-21(13-16-7-9-19(24-2)10-8-16)15-20(23)22-12-11-17-5-3-4-6-18(17)14-22/h3-10H,11-15H2,1-2H3/p+1. The van der Waals surface area contributed by atoms with E-state index in [2.05, 4.69) is 61.8 Å². The molecule has 0 saturated heterocycles. The van der Waals surface area contributed by atoms with E-state index in [9.17, 15) is 4.79 Å². The van der Waals surface area contributed by atoms with Crippen LogP contribution in [0.2, 0.25) is 0 Å². The van der Waals surface area contributed by atoms with E-state index in [0.717, 1.165) is 26.1 Å². The molecule has 1 amide bonds. The number of fused-ring (bicyclic) bond motifs is 1. The predicted molar refractivity (Wildman–Crippen MR) is 99.2 cm³/mol. The third-order valence-electron chi connectivity index (χ3n) is 4.60. The maximum Gasteiger partial charge on any atom is 0.278 e. The van der Waals surface area contributed by atoms with Crippen LogP contribution in [0, 0.1) is 0 Å². The first kappa shape index (κ1) is 17.1. The molecule has 0 aromatic heterocycles. The summed E-state index contributed by atoms with van der Waals surface area (Å²) >= 11 is 1.75. The van der Waals surface area contributed by atoms with Gasteiger partial charge in [0.2, 0.25) is 0 Å². The van der Waals surface area contributed by atoms with E-state index in [0.29, 0.717) is 6.54 Å². The number of hydrogen-bond donors (Lipinski definition) is 1. The third kappa shape index (κ3) is 4.19. The van der Waals surface area contributed by atoms with E-state index in [4.69, 9.17) is 0 Å². The summed E-state index contributed by atoms with van der Waals surface area (Å²) in [4.78, 5) is 17.1. The highest BCUT2D eigenvalue weighted by atomic mass is 32.2. The average Bonchev–Trinajstić information content (AvgIpc) is 2.61. The zero-order chi connectivity index (χ0) is 16.9. The Morgan fingerprint density at radius 3 is 2.54 bits per heavy atom. The maximum absolute atomic E-state index is 12.6. The first-order valence-electron chi connectivity index (χ1n) is 8.44. The van der Waals surface area contributed by atoms with E-state index >= 15 is 0 Å². The van der Waals surface area contributed by atoms with Gasteiger partial charge in [-0.25, -0.2) is 0 Å². The molecule has 2 aromatic rings. The summed E-state index contributed by atoms with van der Waals surface area (Å²) < 4.78 is 0. The van der Waals surface area contributed by atoms with Crippen molar-refractivity contribution in [2.75, 3.05) is 26.4 Å². The van der Waals surface area contributed by atoms with Crippen LogP contribution < -0.4 is 4.90 Å². The molecule has 1 atom stereocenters. The Bertz CT molecular complexity index is 699. The van der Waals surface area contributed by atoms with Gasteiger partial charge in [0.25, 0.3) is 5.91 Å². The van der Waals surface area contributed by atoms with Crippen molar-refractivity contribution in [3.8, 4) is 0 Å². The summed E-state index contributed by atoms with van der Waals surface area (Å²) in [5.74, 6) is 0.253. The lowest BCUT2D eigenvalue weighted by Gasteiger charge is -2.29.